The minimum Gasteiger partial charge on any atom is -0.464 e. The topological polar surface area (TPSA) is 31.2 Å². The monoisotopic (exact) mass is 223 g/mol. The van der Waals surface area contributed by atoms with Crippen LogP contribution in [0.3, 0.4) is 0 Å². The maximum Gasteiger partial charge on any atom is 0.354 e. The van der Waals surface area contributed by atoms with Crippen molar-refractivity contribution in [2.45, 2.75) is 40.2 Å². The lowest BCUT2D eigenvalue weighted by atomic mass is 10.1. The standard InChI is InChI=1S/C13H21NO2/c1-5-14-11(7-6-10(2)3)8-9-12(14)13(15)16-4/h8-10H,5-7H2,1-4H3. The number of nitrogens with zero attached hydrogens (tertiary/aromatic N) is 1. The van der Waals surface area contributed by atoms with E-state index in [0.29, 0.717) is 11.6 Å². The predicted molar refractivity (Wildman–Crippen MR) is 64.6 cm³/mol. The number of aryl methyl sites for hydroxylation is 1. The lowest BCUT2D eigenvalue weighted by Crippen LogP contribution is -2.12. The summed E-state index contributed by atoms with van der Waals surface area (Å²) < 4.78 is 6.79. The molecule has 0 saturated heterocycles. The first-order valence-electron chi connectivity index (χ1n) is 5.86. The second kappa shape index (κ2) is 5.73. The van der Waals surface area contributed by atoms with Gasteiger partial charge in [-0.05, 0) is 37.8 Å². The number of methoxy groups -OCH3 is 1. The van der Waals surface area contributed by atoms with Gasteiger partial charge in [0.1, 0.15) is 5.69 Å². The Labute approximate surface area is 97.4 Å². The molecule has 0 amide bonds. The van der Waals surface area contributed by atoms with Crippen molar-refractivity contribution in [2.75, 3.05) is 7.11 Å². The normalized spacial score (nSPS) is 10.8. The van der Waals surface area contributed by atoms with E-state index in [0.717, 1.165) is 19.4 Å². The van der Waals surface area contributed by atoms with Gasteiger partial charge in [0, 0.05) is 12.2 Å². The zero-order valence-corrected chi connectivity index (χ0v) is 10.6. The van der Waals surface area contributed by atoms with E-state index < -0.39 is 0 Å². The highest BCUT2D eigenvalue weighted by molar-refractivity contribution is 5.87. The van der Waals surface area contributed by atoms with Gasteiger partial charge in [-0.15, -0.1) is 0 Å². The summed E-state index contributed by atoms with van der Waals surface area (Å²) in [6.45, 7) is 7.27. The Morgan fingerprint density at radius 1 is 1.44 bits per heavy atom. The first kappa shape index (κ1) is 12.8. The van der Waals surface area contributed by atoms with Crippen molar-refractivity contribution in [2.24, 2.45) is 5.92 Å². The van der Waals surface area contributed by atoms with Crippen molar-refractivity contribution in [3.05, 3.63) is 23.5 Å². The highest BCUT2D eigenvalue weighted by Gasteiger charge is 2.14. The van der Waals surface area contributed by atoms with E-state index in [-0.39, 0.29) is 5.97 Å². The lowest BCUT2D eigenvalue weighted by molar-refractivity contribution is 0.0588. The molecule has 0 radical (unpaired) electrons. The van der Waals surface area contributed by atoms with Crippen LogP contribution in [-0.4, -0.2) is 17.6 Å². The predicted octanol–water partition coefficient (Wildman–Crippen LogP) is 2.88. The van der Waals surface area contributed by atoms with Crippen LogP contribution in [0.1, 0.15) is 43.4 Å². The summed E-state index contributed by atoms with van der Waals surface area (Å²) in [6.07, 6.45) is 2.16. The molecule has 1 aromatic rings. The van der Waals surface area contributed by atoms with E-state index in [1.807, 2.05) is 23.6 Å². The summed E-state index contributed by atoms with van der Waals surface area (Å²) in [5.74, 6) is 0.430. The SMILES string of the molecule is CCn1c(CCC(C)C)ccc1C(=O)OC. The summed E-state index contributed by atoms with van der Waals surface area (Å²) in [7, 11) is 1.42. The van der Waals surface area contributed by atoms with Gasteiger partial charge in [-0.2, -0.15) is 0 Å². The van der Waals surface area contributed by atoms with E-state index >= 15 is 0 Å². The molecule has 0 N–H and O–H groups in total. The summed E-state index contributed by atoms with van der Waals surface area (Å²) >= 11 is 0. The van der Waals surface area contributed by atoms with Crippen LogP contribution in [0.5, 0.6) is 0 Å². The average Bonchev–Trinajstić information content (AvgIpc) is 2.67. The summed E-state index contributed by atoms with van der Waals surface area (Å²) in [5.41, 5.74) is 1.88. The molecule has 3 nitrogen and oxygen atoms in total. The Bertz CT molecular complexity index is 353. The van der Waals surface area contributed by atoms with Gasteiger partial charge >= 0.3 is 5.97 Å². The average molecular weight is 223 g/mol. The molecule has 16 heavy (non-hydrogen) atoms. The third kappa shape index (κ3) is 2.87. The molecule has 0 aromatic carbocycles. The molecule has 1 aromatic heterocycles. The number of rotatable bonds is 5. The molecule has 0 bridgehead atoms. The molecule has 0 saturated carbocycles. The van der Waals surface area contributed by atoms with Crippen LogP contribution in [-0.2, 0) is 17.7 Å². The maximum absolute atomic E-state index is 11.5. The summed E-state index contributed by atoms with van der Waals surface area (Å²) in [6, 6.07) is 3.88. The number of aromatic nitrogens is 1. The number of hydrogen-bond donors (Lipinski definition) is 0. The fraction of sp³-hybridized carbons (Fsp3) is 0.615. The molecular formula is C13H21NO2. The van der Waals surface area contributed by atoms with Gasteiger partial charge < -0.3 is 9.30 Å². The molecule has 0 unspecified atom stereocenters. The quantitative estimate of drug-likeness (QED) is 0.719. The van der Waals surface area contributed by atoms with Crippen LogP contribution >= 0.6 is 0 Å². The molecule has 0 aliphatic heterocycles. The Balaban J connectivity index is 2.86. The van der Waals surface area contributed by atoms with Crippen LogP contribution in [0.25, 0.3) is 0 Å². The second-order valence-corrected chi connectivity index (χ2v) is 4.38. The third-order valence-electron chi connectivity index (χ3n) is 2.76. The van der Waals surface area contributed by atoms with Crippen molar-refractivity contribution in [3.63, 3.8) is 0 Å². The largest absolute Gasteiger partial charge is 0.464 e. The molecule has 1 rings (SSSR count). The molecule has 0 spiro atoms. The molecule has 0 atom stereocenters. The van der Waals surface area contributed by atoms with E-state index in [2.05, 4.69) is 13.8 Å². The zero-order valence-electron chi connectivity index (χ0n) is 10.6. The maximum atomic E-state index is 11.5. The fourth-order valence-corrected chi connectivity index (χ4v) is 1.82. The number of ether oxygens (including phenoxy) is 1. The minimum absolute atomic E-state index is 0.252. The molecule has 3 heteroatoms. The lowest BCUT2D eigenvalue weighted by Gasteiger charge is -2.10. The van der Waals surface area contributed by atoms with E-state index in [4.69, 9.17) is 4.74 Å². The summed E-state index contributed by atoms with van der Waals surface area (Å²) in [4.78, 5) is 11.5. The van der Waals surface area contributed by atoms with Crippen LogP contribution in [0, 0.1) is 5.92 Å². The first-order valence-corrected chi connectivity index (χ1v) is 5.86. The van der Waals surface area contributed by atoms with Gasteiger partial charge in [0.2, 0.25) is 0 Å². The van der Waals surface area contributed by atoms with Gasteiger partial charge in [0.15, 0.2) is 0 Å². The van der Waals surface area contributed by atoms with Gasteiger partial charge in [-0.1, -0.05) is 13.8 Å². The van der Waals surface area contributed by atoms with Crippen LogP contribution < -0.4 is 0 Å². The number of esters is 1. The molecular weight excluding hydrogens is 202 g/mol. The highest BCUT2D eigenvalue weighted by atomic mass is 16.5. The van der Waals surface area contributed by atoms with Crippen molar-refractivity contribution in [1.29, 1.82) is 0 Å². The Morgan fingerprint density at radius 2 is 2.12 bits per heavy atom. The molecule has 1 heterocycles. The van der Waals surface area contributed by atoms with Gasteiger partial charge in [0.25, 0.3) is 0 Å². The highest BCUT2D eigenvalue weighted by Crippen LogP contribution is 2.14. The third-order valence-corrected chi connectivity index (χ3v) is 2.76. The fourth-order valence-electron chi connectivity index (χ4n) is 1.82. The van der Waals surface area contributed by atoms with E-state index in [9.17, 15) is 4.79 Å². The van der Waals surface area contributed by atoms with Crippen molar-refractivity contribution in [1.82, 2.24) is 4.57 Å². The molecule has 0 aliphatic carbocycles. The van der Waals surface area contributed by atoms with Crippen LogP contribution in [0.15, 0.2) is 12.1 Å². The van der Waals surface area contributed by atoms with Crippen molar-refractivity contribution < 1.29 is 9.53 Å². The van der Waals surface area contributed by atoms with E-state index in [1.165, 1.54) is 12.8 Å². The Morgan fingerprint density at radius 3 is 2.62 bits per heavy atom. The Hall–Kier alpha value is -1.25. The number of carbonyl (C=O) groups excluding carboxylic acids is 1. The van der Waals surface area contributed by atoms with Gasteiger partial charge in [-0.25, -0.2) is 4.79 Å². The first-order chi connectivity index (χ1) is 7.60. The van der Waals surface area contributed by atoms with Crippen LogP contribution in [0.2, 0.25) is 0 Å². The molecule has 0 fully saturated rings. The van der Waals surface area contributed by atoms with Gasteiger partial charge in [-0.3, -0.25) is 0 Å². The minimum atomic E-state index is -0.252. The van der Waals surface area contributed by atoms with E-state index in [1.54, 1.807) is 0 Å². The van der Waals surface area contributed by atoms with Crippen LogP contribution in [0.4, 0.5) is 0 Å². The molecule has 0 aliphatic rings. The number of carbonyl (C=O) groups is 1. The van der Waals surface area contributed by atoms with Crippen molar-refractivity contribution in [3.8, 4) is 0 Å². The van der Waals surface area contributed by atoms with Crippen molar-refractivity contribution >= 4 is 5.97 Å². The number of hydrogen-bond acceptors (Lipinski definition) is 2. The summed E-state index contributed by atoms with van der Waals surface area (Å²) in [5, 5.41) is 0. The molecule has 90 valence electrons. The smallest absolute Gasteiger partial charge is 0.354 e. The zero-order chi connectivity index (χ0) is 12.1. The second-order valence-electron chi connectivity index (χ2n) is 4.38. The Kier molecular flexibility index (Phi) is 4.59. The van der Waals surface area contributed by atoms with Gasteiger partial charge in [0.05, 0.1) is 7.11 Å².